The summed E-state index contributed by atoms with van der Waals surface area (Å²) in [7, 11) is 1.25. The van der Waals surface area contributed by atoms with Crippen molar-refractivity contribution in [3.63, 3.8) is 0 Å². The molecule has 20 heavy (non-hydrogen) atoms. The van der Waals surface area contributed by atoms with Gasteiger partial charge in [-0.2, -0.15) is 11.8 Å². The van der Waals surface area contributed by atoms with Crippen molar-refractivity contribution in [3.05, 3.63) is 35.1 Å². The van der Waals surface area contributed by atoms with E-state index >= 15 is 0 Å². The number of ether oxygens (including phenoxy) is 1. The second kappa shape index (κ2) is 6.59. The Balaban J connectivity index is 1.90. The van der Waals surface area contributed by atoms with E-state index in [1.807, 2.05) is 11.8 Å². The summed E-state index contributed by atoms with van der Waals surface area (Å²) < 4.78 is 18.6. The lowest BCUT2D eigenvalue weighted by Gasteiger charge is -2.23. The monoisotopic (exact) mass is 297 g/mol. The third-order valence-electron chi connectivity index (χ3n) is 3.57. The molecule has 0 saturated carbocycles. The molecule has 1 heterocycles. The molecule has 0 bridgehead atoms. The summed E-state index contributed by atoms with van der Waals surface area (Å²) >= 11 is 1.99. The van der Waals surface area contributed by atoms with Crippen LogP contribution in [0.4, 0.5) is 4.39 Å². The van der Waals surface area contributed by atoms with Gasteiger partial charge in [-0.05, 0) is 43.2 Å². The average Bonchev–Trinajstić information content (AvgIpc) is 2.85. The van der Waals surface area contributed by atoms with E-state index in [2.05, 4.69) is 17.0 Å². The Kier molecular flexibility index (Phi) is 5.05. The molecule has 1 fully saturated rings. The molecule has 1 saturated heterocycles. The van der Waals surface area contributed by atoms with Gasteiger partial charge in [0.05, 0.1) is 12.7 Å². The second-order valence-electron chi connectivity index (χ2n) is 5.31. The van der Waals surface area contributed by atoms with Crippen molar-refractivity contribution < 1.29 is 13.9 Å². The van der Waals surface area contributed by atoms with Crippen LogP contribution in [0.25, 0.3) is 0 Å². The predicted molar refractivity (Wildman–Crippen MR) is 79.5 cm³/mol. The molecule has 1 aromatic carbocycles. The molecule has 1 aromatic rings. The van der Waals surface area contributed by atoms with Gasteiger partial charge >= 0.3 is 5.97 Å². The highest BCUT2D eigenvalue weighted by Gasteiger charge is 2.28. The number of halogens is 1. The molecule has 3 nitrogen and oxygen atoms in total. The zero-order chi connectivity index (χ0) is 14.6. The molecule has 1 N–H and O–H groups in total. The molecule has 1 atom stereocenters. The highest BCUT2D eigenvalue weighted by atomic mass is 32.2. The molecule has 0 amide bonds. The van der Waals surface area contributed by atoms with Crippen LogP contribution in [0.1, 0.15) is 35.7 Å². The van der Waals surface area contributed by atoms with E-state index in [0.717, 1.165) is 12.1 Å². The molecule has 1 unspecified atom stereocenters. The van der Waals surface area contributed by atoms with Gasteiger partial charge in [0, 0.05) is 17.8 Å². The minimum atomic E-state index is -0.642. The Labute approximate surface area is 123 Å². The molecule has 2 rings (SSSR count). The fraction of sp³-hybridized carbons (Fsp3) is 0.533. The maximum atomic E-state index is 13.8. The van der Waals surface area contributed by atoms with Gasteiger partial charge in [-0.15, -0.1) is 0 Å². The summed E-state index contributed by atoms with van der Waals surface area (Å²) in [6, 6.07) is 4.63. The average molecular weight is 297 g/mol. The van der Waals surface area contributed by atoms with Gasteiger partial charge in [0.2, 0.25) is 0 Å². The summed E-state index contributed by atoms with van der Waals surface area (Å²) in [5.41, 5.74) is 0.816. The third kappa shape index (κ3) is 3.73. The van der Waals surface area contributed by atoms with Crippen LogP contribution >= 0.6 is 11.8 Å². The summed E-state index contributed by atoms with van der Waals surface area (Å²) in [6.45, 7) is 3.78. The van der Waals surface area contributed by atoms with Crippen LogP contribution < -0.4 is 5.32 Å². The molecule has 5 heteroatoms. The molecular formula is C15H20FNO2S. The summed E-state index contributed by atoms with van der Waals surface area (Å²) in [6.07, 6.45) is 2.49. The number of benzene rings is 1. The van der Waals surface area contributed by atoms with Crippen LogP contribution in [0.2, 0.25) is 0 Å². The minimum Gasteiger partial charge on any atom is -0.465 e. The van der Waals surface area contributed by atoms with Crippen molar-refractivity contribution in [2.75, 3.05) is 19.4 Å². The highest BCUT2D eigenvalue weighted by Crippen LogP contribution is 2.36. The van der Waals surface area contributed by atoms with E-state index in [9.17, 15) is 9.18 Å². The lowest BCUT2D eigenvalue weighted by atomic mass is 10.1. The number of carbonyl (C=O) groups excluding carboxylic acids is 1. The number of rotatable bonds is 5. The number of methoxy groups -OCH3 is 1. The van der Waals surface area contributed by atoms with E-state index in [-0.39, 0.29) is 5.56 Å². The highest BCUT2D eigenvalue weighted by molar-refractivity contribution is 8.00. The number of esters is 1. The maximum Gasteiger partial charge on any atom is 0.340 e. The van der Waals surface area contributed by atoms with Crippen LogP contribution in [0.5, 0.6) is 0 Å². The molecule has 0 spiro atoms. The van der Waals surface area contributed by atoms with Gasteiger partial charge in [0.1, 0.15) is 5.82 Å². The predicted octanol–water partition coefficient (Wildman–Crippen LogP) is 2.99. The van der Waals surface area contributed by atoms with Gasteiger partial charge in [-0.25, -0.2) is 9.18 Å². The quantitative estimate of drug-likeness (QED) is 0.848. The Morgan fingerprint density at radius 3 is 2.95 bits per heavy atom. The van der Waals surface area contributed by atoms with Gasteiger partial charge in [-0.3, -0.25) is 0 Å². The lowest BCUT2D eigenvalue weighted by Crippen LogP contribution is -2.32. The van der Waals surface area contributed by atoms with Crippen LogP contribution in [0.15, 0.2) is 18.2 Å². The van der Waals surface area contributed by atoms with Crippen molar-refractivity contribution in [3.8, 4) is 0 Å². The zero-order valence-electron chi connectivity index (χ0n) is 11.9. The fourth-order valence-electron chi connectivity index (χ4n) is 2.39. The Morgan fingerprint density at radius 1 is 1.55 bits per heavy atom. The first kappa shape index (κ1) is 15.3. The molecule has 110 valence electrons. The third-order valence-corrected chi connectivity index (χ3v) is 5.11. The summed E-state index contributed by atoms with van der Waals surface area (Å²) in [5.74, 6) is 0.0511. The molecule has 1 aliphatic rings. The molecule has 0 aliphatic carbocycles. The van der Waals surface area contributed by atoms with Gasteiger partial charge in [-0.1, -0.05) is 6.07 Å². The minimum absolute atomic E-state index is 0.0189. The van der Waals surface area contributed by atoms with E-state index < -0.39 is 11.8 Å². The number of hydrogen-bond donors (Lipinski definition) is 1. The second-order valence-corrected chi connectivity index (χ2v) is 6.99. The molecule has 0 aromatic heterocycles. The van der Waals surface area contributed by atoms with Crippen molar-refractivity contribution in [2.24, 2.45) is 0 Å². The van der Waals surface area contributed by atoms with Crippen molar-refractivity contribution in [1.82, 2.24) is 5.32 Å². The number of nitrogens with one attached hydrogen (secondary N) is 1. The number of carbonyl (C=O) groups is 1. The van der Waals surface area contributed by atoms with E-state index in [0.29, 0.717) is 11.3 Å². The van der Waals surface area contributed by atoms with E-state index in [1.54, 1.807) is 6.07 Å². The maximum absolute atomic E-state index is 13.8. The standard InChI is InChI=1S/C15H20FNO2S/c1-15(6-3-7-20-15)10-17-9-11-4-5-12(13(16)8-11)14(18)19-2/h4-5,8,17H,3,6-7,9-10H2,1-2H3. The zero-order valence-corrected chi connectivity index (χ0v) is 12.7. The van der Waals surface area contributed by atoms with Crippen LogP contribution in [0.3, 0.4) is 0 Å². The Bertz CT molecular complexity index is 487. The first-order valence-electron chi connectivity index (χ1n) is 6.75. The Morgan fingerprint density at radius 2 is 2.35 bits per heavy atom. The van der Waals surface area contributed by atoms with Crippen LogP contribution in [-0.2, 0) is 11.3 Å². The van der Waals surface area contributed by atoms with Crippen molar-refractivity contribution in [2.45, 2.75) is 31.1 Å². The normalized spacial score (nSPS) is 21.9. The van der Waals surface area contributed by atoms with E-state index in [4.69, 9.17) is 0 Å². The first-order valence-corrected chi connectivity index (χ1v) is 7.74. The van der Waals surface area contributed by atoms with Crippen LogP contribution in [-0.4, -0.2) is 30.1 Å². The summed E-state index contributed by atoms with van der Waals surface area (Å²) in [5, 5.41) is 3.37. The van der Waals surface area contributed by atoms with Crippen molar-refractivity contribution >= 4 is 17.7 Å². The largest absolute Gasteiger partial charge is 0.465 e. The number of thioether (sulfide) groups is 1. The summed E-state index contributed by atoms with van der Waals surface area (Å²) in [4.78, 5) is 11.3. The molecule has 1 aliphatic heterocycles. The molecular weight excluding hydrogens is 277 g/mol. The van der Waals surface area contributed by atoms with Gasteiger partial charge < -0.3 is 10.1 Å². The topological polar surface area (TPSA) is 38.3 Å². The molecule has 0 radical (unpaired) electrons. The lowest BCUT2D eigenvalue weighted by molar-refractivity contribution is 0.0595. The van der Waals surface area contributed by atoms with Gasteiger partial charge in [0.15, 0.2) is 0 Å². The van der Waals surface area contributed by atoms with E-state index in [1.165, 1.54) is 37.8 Å². The number of hydrogen-bond acceptors (Lipinski definition) is 4. The van der Waals surface area contributed by atoms with Gasteiger partial charge in [0.25, 0.3) is 0 Å². The fourth-order valence-corrected chi connectivity index (χ4v) is 3.67. The van der Waals surface area contributed by atoms with Crippen molar-refractivity contribution in [1.29, 1.82) is 0 Å². The van der Waals surface area contributed by atoms with Crippen LogP contribution in [0, 0.1) is 5.82 Å². The SMILES string of the molecule is COC(=O)c1ccc(CNCC2(C)CCCS2)cc1F. The Hall–Kier alpha value is -1.07. The first-order chi connectivity index (χ1) is 9.54. The smallest absolute Gasteiger partial charge is 0.340 e.